The second-order valence-electron chi connectivity index (χ2n) is 7.78. The van der Waals surface area contributed by atoms with E-state index in [0.717, 1.165) is 16.6 Å². The van der Waals surface area contributed by atoms with Crippen LogP contribution in [0, 0.1) is 0 Å². The van der Waals surface area contributed by atoms with Crippen LogP contribution in [0.1, 0.15) is 55.5 Å². The molecule has 28 heavy (non-hydrogen) atoms. The molecule has 1 aliphatic rings. The Morgan fingerprint density at radius 1 is 1.39 bits per heavy atom. The molecule has 7 nitrogen and oxygen atoms in total. The molecule has 3 rings (SSSR count). The summed E-state index contributed by atoms with van der Waals surface area (Å²) in [7, 11) is 0. The van der Waals surface area contributed by atoms with Gasteiger partial charge in [0.1, 0.15) is 9.71 Å². The van der Waals surface area contributed by atoms with Gasteiger partial charge in [-0.3, -0.25) is 4.79 Å². The molecule has 0 unspecified atom stereocenters. The van der Waals surface area contributed by atoms with Gasteiger partial charge in [-0.05, 0) is 26.8 Å². The van der Waals surface area contributed by atoms with Crippen molar-refractivity contribution in [1.29, 1.82) is 0 Å². The average Bonchev–Trinajstić information content (AvgIpc) is 2.95. The summed E-state index contributed by atoms with van der Waals surface area (Å²) in [6.45, 7) is 10.6. The quantitative estimate of drug-likeness (QED) is 0.717. The SMILES string of the molecule is CCOC(=O)c1sc2nc3c(cc2c1NC(=O)CNC(C)C)COC(C)(C)C3. The lowest BCUT2D eigenvalue weighted by atomic mass is 9.95. The number of aromatic nitrogens is 1. The van der Waals surface area contributed by atoms with Crippen molar-refractivity contribution >= 4 is 39.1 Å². The molecule has 0 bridgehead atoms. The van der Waals surface area contributed by atoms with Crippen molar-refractivity contribution < 1.29 is 19.1 Å². The van der Waals surface area contributed by atoms with E-state index in [1.165, 1.54) is 11.3 Å². The van der Waals surface area contributed by atoms with Crippen LogP contribution in [0.15, 0.2) is 6.07 Å². The van der Waals surface area contributed by atoms with Gasteiger partial charge in [0.2, 0.25) is 5.91 Å². The van der Waals surface area contributed by atoms with E-state index in [2.05, 4.69) is 10.6 Å². The van der Waals surface area contributed by atoms with Crippen LogP contribution in [0.4, 0.5) is 5.69 Å². The number of ether oxygens (including phenoxy) is 2. The molecule has 2 N–H and O–H groups in total. The number of hydrogen-bond donors (Lipinski definition) is 2. The molecule has 8 heteroatoms. The number of fused-ring (bicyclic) bond motifs is 2. The van der Waals surface area contributed by atoms with Crippen LogP contribution in [0.3, 0.4) is 0 Å². The van der Waals surface area contributed by atoms with Crippen LogP contribution in [-0.4, -0.2) is 41.7 Å². The Hall–Kier alpha value is -2.03. The van der Waals surface area contributed by atoms with Crippen LogP contribution in [0.2, 0.25) is 0 Å². The summed E-state index contributed by atoms with van der Waals surface area (Å²) >= 11 is 1.25. The second-order valence-corrected chi connectivity index (χ2v) is 8.78. The second kappa shape index (κ2) is 8.14. The fourth-order valence-corrected chi connectivity index (χ4v) is 4.08. The first-order valence-corrected chi connectivity index (χ1v) is 10.3. The van der Waals surface area contributed by atoms with Crippen molar-refractivity contribution in [2.75, 3.05) is 18.5 Å². The number of carbonyl (C=O) groups excluding carboxylic acids is 2. The zero-order valence-corrected chi connectivity index (χ0v) is 17.8. The third-order valence-corrected chi connectivity index (χ3v) is 5.54. The van der Waals surface area contributed by atoms with Crippen LogP contribution >= 0.6 is 11.3 Å². The number of pyridine rings is 1. The van der Waals surface area contributed by atoms with Gasteiger partial charge in [-0.2, -0.15) is 0 Å². The molecule has 1 aliphatic heterocycles. The van der Waals surface area contributed by atoms with Crippen molar-refractivity contribution in [2.45, 2.75) is 59.3 Å². The minimum absolute atomic E-state index is 0.160. The molecule has 0 saturated carbocycles. The van der Waals surface area contributed by atoms with Crippen molar-refractivity contribution in [2.24, 2.45) is 0 Å². The fraction of sp³-hybridized carbons (Fsp3) is 0.550. The number of rotatable bonds is 6. The van der Waals surface area contributed by atoms with Gasteiger partial charge < -0.3 is 20.1 Å². The predicted molar refractivity (Wildman–Crippen MR) is 110 cm³/mol. The molecule has 2 aromatic heterocycles. The zero-order chi connectivity index (χ0) is 20.5. The average molecular weight is 406 g/mol. The maximum atomic E-state index is 12.5. The van der Waals surface area contributed by atoms with Gasteiger partial charge in [0.05, 0.1) is 36.7 Å². The number of anilines is 1. The Labute approximate surface area is 168 Å². The van der Waals surface area contributed by atoms with Gasteiger partial charge >= 0.3 is 5.97 Å². The molecule has 152 valence electrons. The molecular weight excluding hydrogens is 378 g/mol. The summed E-state index contributed by atoms with van der Waals surface area (Å²) in [5, 5.41) is 6.70. The van der Waals surface area contributed by atoms with Crippen molar-refractivity contribution in [1.82, 2.24) is 10.3 Å². The normalized spacial score (nSPS) is 15.5. The monoisotopic (exact) mass is 405 g/mol. The van der Waals surface area contributed by atoms with Crippen molar-refractivity contribution in [3.63, 3.8) is 0 Å². The predicted octanol–water partition coefficient (Wildman–Crippen LogP) is 3.26. The standard InChI is InChI=1S/C20H27N3O4S/c1-6-26-19(25)17-16(23-15(24)9-21-11(2)3)13-7-12-10-27-20(4,5)8-14(12)22-18(13)28-17/h7,11,21H,6,8-10H2,1-5H3,(H,23,24). The highest BCUT2D eigenvalue weighted by Crippen LogP contribution is 2.38. The molecule has 3 heterocycles. The third-order valence-electron chi connectivity index (χ3n) is 4.46. The van der Waals surface area contributed by atoms with Gasteiger partial charge in [-0.1, -0.05) is 13.8 Å². The highest BCUT2D eigenvalue weighted by atomic mass is 32.1. The van der Waals surface area contributed by atoms with E-state index in [0.29, 0.717) is 28.4 Å². The van der Waals surface area contributed by atoms with Crippen LogP contribution < -0.4 is 10.6 Å². The Morgan fingerprint density at radius 2 is 2.14 bits per heavy atom. The number of carbonyl (C=O) groups is 2. The fourth-order valence-electron chi connectivity index (χ4n) is 3.05. The minimum atomic E-state index is -0.452. The van der Waals surface area contributed by atoms with E-state index in [9.17, 15) is 9.59 Å². The lowest BCUT2D eigenvalue weighted by Gasteiger charge is -2.31. The van der Waals surface area contributed by atoms with Crippen LogP contribution in [0.5, 0.6) is 0 Å². The highest BCUT2D eigenvalue weighted by Gasteiger charge is 2.29. The molecule has 1 amide bonds. The topological polar surface area (TPSA) is 89.5 Å². The van der Waals surface area contributed by atoms with E-state index < -0.39 is 5.97 Å². The minimum Gasteiger partial charge on any atom is -0.462 e. The smallest absolute Gasteiger partial charge is 0.350 e. The third kappa shape index (κ3) is 4.51. The number of nitrogens with zero attached hydrogens (tertiary/aromatic N) is 1. The number of hydrogen-bond acceptors (Lipinski definition) is 7. The van der Waals surface area contributed by atoms with E-state index in [-0.39, 0.29) is 30.7 Å². The molecule has 0 atom stereocenters. The number of nitrogens with one attached hydrogen (secondary N) is 2. The molecule has 0 saturated heterocycles. The molecular formula is C20H27N3O4S. The summed E-state index contributed by atoms with van der Waals surface area (Å²) in [4.78, 5) is 30.7. The van der Waals surface area contributed by atoms with E-state index in [1.807, 2.05) is 33.8 Å². The van der Waals surface area contributed by atoms with Crippen LogP contribution in [-0.2, 0) is 27.3 Å². The zero-order valence-electron chi connectivity index (χ0n) is 17.0. The van der Waals surface area contributed by atoms with E-state index >= 15 is 0 Å². The Morgan fingerprint density at radius 3 is 2.82 bits per heavy atom. The Balaban J connectivity index is 2.01. The Kier molecular flexibility index (Phi) is 6.02. The first-order valence-electron chi connectivity index (χ1n) is 9.49. The number of thiophene rings is 1. The van der Waals surface area contributed by atoms with Gasteiger partial charge in [-0.25, -0.2) is 9.78 Å². The summed E-state index contributed by atoms with van der Waals surface area (Å²) in [6, 6.07) is 2.15. The molecule has 2 aromatic rings. The number of esters is 1. The Bertz CT molecular complexity index is 904. The maximum absolute atomic E-state index is 12.5. The van der Waals surface area contributed by atoms with Crippen LogP contribution in [0.25, 0.3) is 10.2 Å². The van der Waals surface area contributed by atoms with Gasteiger partial charge in [-0.15, -0.1) is 11.3 Å². The summed E-state index contributed by atoms with van der Waals surface area (Å²) < 4.78 is 11.1. The van der Waals surface area contributed by atoms with Crippen molar-refractivity contribution in [3.8, 4) is 0 Å². The molecule has 0 spiro atoms. The summed E-state index contributed by atoms with van der Waals surface area (Å²) in [6.07, 6.45) is 0.699. The molecule has 0 aliphatic carbocycles. The largest absolute Gasteiger partial charge is 0.462 e. The summed E-state index contributed by atoms with van der Waals surface area (Å²) in [5.74, 6) is -0.666. The maximum Gasteiger partial charge on any atom is 0.350 e. The molecule has 0 aromatic carbocycles. The van der Waals surface area contributed by atoms with Gasteiger partial charge in [0, 0.05) is 23.4 Å². The first-order chi connectivity index (χ1) is 13.2. The van der Waals surface area contributed by atoms with Gasteiger partial charge in [0.25, 0.3) is 0 Å². The lowest BCUT2D eigenvalue weighted by molar-refractivity contribution is -0.115. The molecule has 0 fully saturated rings. The van der Waals surface area contributed by atoms with E-state index in [4.69, 9.17) is 14.5 Å². The molecule has 0 radical (unpaired) electrons. The van der Waals surface area contributed by atoms with Gasteiger partial charge in [0.15, 0.2) is 0 Å². The first kappa shape index (κ1) is 20.7. The van der Waals surface area contributed by atoms with Crippen molar-refractivity contribution in [3.05, 3.63) is 22.2 Å². The summed E-state index contributed by atoms with van der Waals surface area (Å²) in [5.41, 5.74) is 2.15. The number of amides is 1. The highest BCUT2D eigenvalue weighted by molar-refractivity contribution is 7.21. The van der Waals surface area contributed by atoms with E-state index in [1.54, 1.807) is 6.92 Å². The lowest BCUT2D eigenvalue weighted by Crippen LogP contribution is -2.33.